The van der Waals surface area contributed by atoms with E-state index in [1.54, 1.807) is 0 Å². The van der Waals surface area contributed by atoms with Gasteiger partial charge >= 0.3 is 0 Å². The molecule has 0 fully saturated rings. The first-order valence-electron chi connectivity index (χ1n) is 7.32. The fourth-order valence-electron chi connectivity index (χ4n) is 2.00. The summed E-state index contributed by atoms with van der Waals surface area (Å²) in [6.07, 6.45) is 0.835. The Bertz CT molecular complexity index is 755. The lowest BCUT2D eigenvalue weighted by molar-refractivity contribution is 0.0957. The Kier molecular flexibility index (Phi) is 5.92. The molecule has 0 aliphatic carbocycles. The average molecular weight is 352 g/mol. The second kappa shape index (κ2) is 7.72. The van der Waals surface area contributed by atoms with E-state index in [1.807, 2.05) is 37.3 Å². The number of amides is 1. The quantitative estimate of drug-likeness (QED) is 0.833. The molecule has 1 aromatic carbocycles. The number of thiophene rings is 1. The van der Waals surface area contributed by atoms with E-state index < -0.39 is 10.0 Å². The summed E-state index contributed by atoms with van der Waals surface area (Å²) in [5, 5.41) is 4.26. The van der Waals surface area contributed by atoms with Crippen molar-refractivity contribution in [1.29, 1.82) is 0 Å². The molecule has 7 heteroatoms. The van der Waals surface area contributed by atoms with Crippen molar-refractivity contribution in [2.75, 3.05) is 13.6 Å². The maximum atomic E-state index is 12.6. The highest BCUT2D eigenvalue weighted by molar-refractivity contribution is 7.89. The van der Waals surface area contributed by atoms with Gasteiger partial charge in [-0.15, -0.1) is 11.3 Å². The summed E-state index contributed by atoms with van der Waals surface area (Å²) in [6.45, 7) is 2.83. The summed E-state index contributed by atoms with van der Waals surface area (Å²) in [5.41, 5.74) is 0.912. The minimum absolute atomic E-state index is 0.155. The lowest BCUT2D eigenvalue weighted by atomic mass is 10.2. The van der Waals surface area contributed by atoms with Gasteiger partial charge in [0.15, 0.2) is 0 Å². The Morgan fingerprint density at radius 3 is 2.61 bits per heavy atom. The van der Waals surface area contributed by atoms with E-state index >= 15 is 0 Å². The van der Waals surface area contributed by atoms with Crippen molar-refractivity contribution in [2.45, 2.75) is 24.8 Å². The molecule has 23 heavy (non-hydrogen) atoms. The van der Waals surface area contributed by atoms with Crippen molar-refractivity contribution in [2.24, 2.45) is 0 Å². The number of carbonyl (C=O) groups excluding carboxylic acids is 1. The molecule has 0 saturated heterocycles. The van der Waals surface area contributed by atoms with Crippen molar-refractivity contribution in [3.05, 3.63) is 52.2 Å². The number of nitrogens with zero attached hydrogens (tertiary/aromatic N) is 1. The molecule has 1 heterocycles. The third-order valence-corrected chi connectivity index (χ3v) is 6.15. The van der Waals surface area contributed by atoms with Gasteiger partial charge in [0.05, 0.1) is 9.77 Å². The maximum Gasteiger partial charge on any atom is 0.261 e. The van der Waals surface area contributed by atoms with Crippen LogP contribution in [0.5, 0.6) is 0 Å². The first-order valence-corrected chi connectivity index (χ1v) is 9.64. The largest absolute Gasteiger partial charge is 0.351 e. The van der Waals surface area contributed by atoms with Crippen LogP contribution in [0.4, 0.5) is 0 Å². The molecule has 0 saturated carbocycles. The molecule has 0 spiro atoms. The van der Waals surface area contributed by atoms with Gasteiger partial charge in [-0.05, 0) is 18.1 Å². The summed E-state index contributed by atoms with van der Waals surface area (Å²) < 4.78 is 26.5. The number of sulfonamides is 1. The highest BCUT2D eigenvalue weighted by Crippen LogP contribution is 2.23. The third-order valence-electron chi connectivity index (χ3n) is 3.29. The molecule has 0 unspecified atom stereocenters. The van der Waals surface area contributed by atoms with E-state index in [9.17, 15) is 13.2 Å². The van der Waals surface area contributed by atoms with Crippen molar-refractivity contribution < 1.29 is 13.2 Å². The lowest BCUT2D eigenvalue weighted by Crippen LogP contribution is -2.26. The Hall–Kier alpha value is -1.70. The first-order chi connectivity index (χ1) is 10.9. The van der Waals surface area contributed by atoms with Crippen LogP contribution in [-0.4, -0.2) is 32.2 Å². The zero-order valence-corrected chi connectivity index (χ0v) is 14.8. The minimum atomic E-state index is -3.61. The average Bonchev–Trinajstić information content (AvgIpc) is 3.04. The standard InChI is InChI=1S/C16H20N2O3S2/c1-3-9-17-16(19)15-10-14(12-22-15)23(20,21)18(2)11-13-7-5-4-6-8-13/h4-8,10,12H,3,9,11H2,1-2H3,(H,17,19). The molecule has 2 aromatic rings. The van der Waals surface area contributed by atoms with Crippen LogP contribution in [-0.2, 0) is 16.6 Å². The van der Waals surface area contributed by atoms with Gasteiger partial charge in [0.25, 0.3) is 5.91 Å². The number of hydrogen-bond donors (Lipinski definition) is 1. The van der Waals surface area contributed by atoms with E-state index in [4.69, 9.17) is 0 Å². The van der Waals surface area contributed by atoms with Crippen LogP contribution in [0.1, 0.15) is 28.6 Å². The van der Waals surface area contributed by atoms with Gasteiger partial charge < -0.3 is 5.32 Å². The van der Waals surface area contributed by atoms with Crippen molar-refractivity contribution >= 4 is 27.3 Å². The predicted octanol–water partition coefficient (Wildman–Crippen LogP) is 2.71. The van der Waals surface area contributed by atoms with Crippen LogP contribution in [0.15, 0.2) is 46.7 Å². The van der Waals surface area contributed by atoms with Crippen LogP contribution >= 0.6 is 11.3 Å². The minimum Gasteiger partial charge on any atom is -0.351 e. The van der Waals surface area contributed by atoms with Crippen molar-refractivity contribution in [3.8, 4) is 0 Å². The molecule has 2 rings (SSSR count). The summed E-state index contributed by atoms with van der Waals surface area (Å²) in [6, 6.07) is 10.8. The van der Waals surface area contributed by atoms with E-state index in [0.29, 0.717) is 11.4 Å². The summed E-state index contributed by atoms with van der Waals surface area (Å²) in [5.74, 6) is -0.232. The van der Waals surface area contributed by atoms with Gasteiger partial charge in [0.2, 0.25) is 10.0 Å². The van der Waals surface area contributed by atoms with E-state index in [2.05, 4.69) is 5.32 Å². The number of hydrogen-bond acceptors (Lipinski definition) is 4. The van der Waals surface area contributed by atoms with Gasteiger partial charge in [-0.25, -0.2) is 8.42 Å². The normalized spacial score (nSPS) is 11.6. The first kappa shape index (κ1) is 17.7. The molecule has 5 nitrogen and oxygen atoms in total. The zero-order valence-electron chi connectivity index (χ0n) is 13.2. The molecule has 1 aromatic heterocycles. The number of benzene rings is 1. The van der Waals surface area contributed by atoms with Gasteiger partial charge in [0, 0.05) is 25.5 Å². The van der Waals surface area contributed by atoms with Crippen molar-refractivity contribution in [3.63, 3.8) is 0 Å². The van der Waals surface area contributed by atoms with E-state index in [1.165, 1.54) is 22.8 Å². The fraction of sp³-hybridized carbons (Fsp3) is 0.312. The Balaban J connectivity index is 2.13. The predicted molar refractivity (Wildman–Crippen MR) is 92.0 cm³/mol. The van der Waals surface area contributed by atoms with Crippen LogP contribution < -0.4 is 5.32 Å². The molecular weight excluding hydrogens is 332 g/mol. The highest BCUT2D eigenvalue weighted by Gasteiger charge is 2.23. The topological polar surface area (TPSA) is 66.5 Å². The Morgan fingerprint density at radius 2 is 1.96 bits per heavy atom. The maximum absolute atomic E-state index is 12.6. The highest BCUT2D eigenvalue weighted by atomic mass is 32.2. The summed E-state index contributed by atoms with van der Waals surface area (Å²) >= 11 is 1.14. The SMILES string of the molecule is CCCNC(=O)c1cc(S(=O)(=O)N(C)Cc2ccccc2)cs1. The molecular formula is C16H20N2O3S2. The molecule has 0 atom stereocenters. The molecule has 0 aliphatic heterocycles. The van der Waals surface area contributed by atoms with E-state index in [0.717, 1.165) is 23.3 Å². The van der Waals surface area contributed by atoms with Gasteiger partial charge in [0.1, 0.15) is 0 Å². The Labute approximate surface area is 141 Å². The summed E-state index contributed by atoms with van der Waals surface area (Å²) in [4.78, 5) is 12.5. The van der Waals surface area contributed by atoms with Gasteiger partial charge in [-0.2, -0.15) is 4.31 Å². The fourth-order valence-corrected chi connectivity index (χ4v) is 4.34. The van der Waals surface area contributed by atoms with Crippen molar-refractivity contribution in [1.82, 2.24) is 9.62 Å². The monoisotopic (exact) mass is 352 g/mol. The van der Waals surface area contributed by atoms with E-state index in [-0.39, 0.29) is 17.3 Å². The van der Waals surface area contributed by atoms with Gasteiger partial charge in [-0.3, -0.25) is 4.79 Å². The molecule has 0 aliphatic rings. The second-order valence-corrected chi connectivity index (χ2v) is 8.11. The van der Waals surface area contributed by atoms with Crippen LogP contribution in [0.3, 0.4) is 0 Å². The van der Waals surface area contributed by atoms with Gasteiger partial charge in [-0.1, -0.05) is 37.3 Å². The lowest BCUT2D eigenvalue weighted by Gasteiger charge is -2.16. The zero-order chi connectivity index (χ0) is 16.9. The number of carbonyl (C=O) groups is 1. The van der Waals surface area contributed by atoms with Crippen LogP contribution in [0.25, 0.3) is 0 Å². The molecule has 0 bridgehead atoms. The second-order valence-electron chi connectivity index (χ2n) is 5.15. The molecule has 0 radical (unpaired) electrons. The van der Waals surface area contributed by atoms with Crippen LogP contribution in [0, 0.1) is 0 Å². The number of nitrogens with one attached hydrogen (secondary N) is 1. The molecule has 1 amide bonds. The summed E-state index contributed by atoms with van der Waals surface area (Å²) in [7, 11) is -2.07. The van der Waals surface area contributed by atoms with Crippen LogP contribution in [0.2, 0.25) is 0 Å². The third kappa shape index (κ3) is 4.40. The number of rotatable bonds is 7. The molecule has 1 N–H and O–H groups in total. The smallest absolute Gasteiger partial charge is 0.261 e. The Morgan fingerprint density at radius 1 is 1.26 bits per heavy atom. The molecule has 124 valence electrons.